The van der Waals surface area contributed by atoms with Gasteiger partial charge in [-0.15, -0.1) is 17.8 Å². The van der Waals surface area contributed by atoms with Crippen LogP contribution in [0.5, 0.6) is 0 Å². The molecule has 1 N–H and O–H groups in total. The molecule has 0 aliphatic heterocycles. The van der Waals surface area contributed by atoms with Crippen molar-refractivity contribution in [3.8, 4) is 12.3 Å². The Morgan fingerprint density at radius 3 is 2.94 bits per heavy atom. The first-order valence-corrected chi connectivity index (χ1v) is 6.00. The van der Waals surface area contributed by atoms with Gasteiger partial charge in [0.2, 0.25) is 0 Å². The zero-order valence-electron chi connectivity index (χ0n) is 9.97. The van der Waals surface area contributed by atoms with E-state index < -0.39 is 5.97 Å². The number of carbonyl (C=O) groups is 1. The molecule has 0 unspecified atom stereocenters. The Labute approximate surface area is 108 Å². The van der Waals surface area contributed by atoms with Gasteiger partial charge >= 0.3 is 5.97 Å². The van der Waals surface area contributed by atoms with Crippen molar-refractivity contribution in [2.75, 3.05) is 18.5 Å². The number of thiophene rings is 1. The van der Waals surface area contributed by atoms with Crippen molar-refractivity contribution in [1.82, 2.24) is 9.97 Å². The summed E-state index contributed by atoms with van der Waals surface area (Å²) in [6.45, 7) is 2.17. The topological polar surface area (TPSA) is 66.3 Å². The van der Waals surface area contributed by atoms with Gasteiger partial charge in [-0.05, 0) is 12.5 Å². The third-order valence-corrected chi connectivity index (χ3v) is 3.78. The number of fused-ring (bicyclic) bond motifs is 1. The highest BCUT2D eigenvalue weighted by molar-refractivity contribution is 7.20. The zero-order valence-corrected chi connectivity index (χ0v) is 10.8. The lowest BCUT2D eigenvalue weighted by atomic mass is 10.2. The number of hydrogen-bond acceptors (Lipinski definition) is 5. The Morgan fingerprint density at radius 1 is 1.61 bits per heavy atom. The summed E-state index contributed by atoms with van der Waals surface area (Å²) < 4.78 is 0. The van der Waals surface area contributed by atoms with Crippen LogP contribution >= 0.6 is 11.3 Å². The standard InChI is InChI=1S/C12H11N3O2S/c1-4-5-15(3)10-8-7(2)9(12(16)17)18-11(8)14-6-13-10/h1,6H,5H2,2-3H3,(H,16,17). The zero-order chi connectivity index (χ0) is 13.3. The summed E-state index contributed by atoms with van der Waals surface area (Å²) in [4.78, 5) is 22.2. The van der Waals surface area contributed by atoms with Crippen molar-refractivity contribution in [1.29, 1.82) is 0 Å². The van der Waals surface area contributed by atoms with Crippen molar-refractivity contribution >= 4 is 33.3 Å². The molecule has 0 aromatic carbocycles. The highest BCUT2D eigenvalue weighted by Crippen LogP contribution is 2.34. The molecule has 0 saturated carbocycles. The Bertz CT molecular complexity index is 657. The molecule has 0 bridgehead atoms. The number of aromatic carboxylic acids is 1. The van der Waals surface area contributed by atoms with E-state index >= 15 is 0 Å². The number of carboxylic acid groups (broad SMARTS) is 1. The van der Waals surface area contributed by atoms with E-state index in [4.69, 9.17) is 11.5 Å². The first-order chi connectivity index (χ1) is 8.56. The van der Waals surface area contributed by atoms with Crippen LogP contribution in [0, 0.1) is 19.3 Å². The van der Waals surface area contributed by atoms with Crippen molar-refractivity contribution in [3.63, 3.8) is 0 Å². The minimum atomic E-state index is -0.943. The smallest absolute Gasteiger partial charge is 0.346 e. The van der Waals surface area contributed by atoms with E-state index in [1.165, 1.54) is 6.33 Å². The van der Waals surface area contributed by atoms with Gasteiger partial charge in [-0.1, -0.05) is 5.92 Å². The molecule has 0 fully saturated rings. The number of carboxylic acids is 1. The second-order valence-corrected chi connectivity index (χ2v) is 4.80. The maximum absolute atomic E-state index is 11.1. The fraction of sp³-hybridized carbons (Fsp3) is 0.250. The van der Waals surface area contributed by atoms with Crippen molar-refractivity contribution < 1.29 is 9.90 Å². The molecule has 5 nitrogen and oxygen atoms in total. The average Bonchev–Trinajstić information content (AvgIpc) is 2.67. The van der Waals surface area contributed by atoms with Crippen LogP contribution in [0.2, 0.25) is 0 Å². The molecular formula is C12H11N3O2S. The molecule has 2 rings (SSSR count). The van der Waals surface area contributed by atoms with Crippen LogP contribution in [0.4, 0.5) is 5.82 Å². The number of anilines is 1. The minimum Gasteiger partial charge on any atom is -0.477 e. The molecule has 0 atom stereocenters. The van der Waals surface area contributed by atoms with Gasteiger partial charge in [0, 0.05) is 7.05 Å². The molecule has 92 valence electrons. The third kappa shape index (κ3) is 1.89. The van der Waals surface area contributed by atoms with Gasteiger partial charge in [-0.3, -0.25) is 0 Å². The Kier molecular flexibility index (Phi) is 3.17. The summed E-state index contributed by atoms with van der Waals surface area (Å²) in [6, 6.07) is 0. The van der Waals surface area contributed by atoms with E-state index in [1.807, 2.05) is 7.05 Å². The van der Waals surface area contributed by atoms with Crippen molar-refractivity contribution in [2.45, 2.75) is 6.92 Å². The fourth-order valence-electron chi connectivity index (χ4n) is 1.76. The number of aromatic nitrogens is 2. The highest BCUT2D eigenvalue weighted by atomic mass is 32.1. The van der Waals surface area contributed by atoms with Gasteiger partial charge in [0.05, 0.1) is 11.9 Å². The molecule has 0 radical (unpaired) electrons. The molecule has 0 spiro atoms. The lowest BCUT2D eigenvalue weighted by Gasteiger charge is -2.15. The number of terminal acetylenes is 1. The van der Waals surface area contributed by atoms with E-state index in [1.54, 1.807) is 11.8 Å². The molecule has 18 heavy (non-hydrogen) atoms. The van der Waals surface area contributed by atoms with E-state index in [9.17, 15) is 4.79 Å². The number of nitrogens with zero attached hydrogens (tertiary/aromatic N) is 3. The van der Waals surface area contributed by atoms with Crippen LogP contribution in [0.15, 0.2) is 6.33 Å². The first-order valence-electron chi connectivity index (χ1n) is 5.18. The molecule has 2 aromatic rings. The van der Waals surface area contributed by atoms with Gasteiger partial charge < -0.3 is 10.0 Å². The summed E-state index contributed by atoms with van der Waals surface area (Å²) >= 11 is 1.15. The average molecular weight is 261 g/mol. The molecule has 0 aliphatic carbocycles. The van der Waals surface area contributed by atoms with E-state index in [0.29, 0.717) is 27.6 Å². The molecule has 0 saturated heterocycles. The van der Waals surface area contributed by atoms with Gasteiger partial charge in [0.15, 0.2) is 0 Å². The summed E-state index contributed by atoms with van der Waals surface area (Å²) in [5.74, 6) is 2.25. The molecule has 0 amide bonds. The largest absolute Gasteiger partial charge is 0.477 e. The van der Waals surface area contributed by atoms with Crippen LogP contribution in [0.1, 0.15) is 15.2 Å². The summed E-state index contributed by atoms with van der Waals surface area (Å²) in [5.41, 5.74) is 0.682. The minimum absolute atomic E-state index is 0.292. The fourth-order valence-corrected chi connectivity index (χ4v) is 2.74. The Balaban J connectivity index is 2.69. The lowest BCUT2D eigenvalue weighted by Crippen LogP contribution is -2.18. The Hall–Kier alpha value is -2.13. The van der Waals surface area contributed by atoms with Crippen LogP contribution in [0.3, 0.4) is 0 Å². The predicted octanol–water partition coefficient (Wildman–Crippen LogP) is 1.77. The number of aryl methyl sites for hydroxylation is 1. The molecule has 2 aromatic heterocycles. The predicted molar refractivity (Wildman–Crippen MR) is 71.2 cm³/mol. The number of hydrogen-bond donors (Lipinski definition) is 1. The highest BCUT2D eigenvalue weighted by Gasteiger charge is 2.19. The quantitative estimate of drug-likeness (QED) is 0.853. The lowest BCUT2D eigenvalue weighted by molar-refractivity contribution is 0.0701. The van der Waals surface area contributed by atoms with Crippen LogP contribution in [0.25, 0.3) is 10.2 Å². The van der Waals surface area contributed by atoms with E-state index in [2.05, 4.69) is 15.9 Å². The normalized spacial score (nSPS) is 10.3. The summed E-state index contributed by atoms with van der Waals surface area (Å²) in [7, 11) is 1.82. The van der Waals surface area contributed by atoms with Crippen LogP contribution in [-0.2, 0) is 0 Å². The Morgan fingerprint density at radius 2 is 2.33 bits per heavy atom. The first kappa shape index (κ1) is 12.3. The summed E-state index contributed by atoms with van der Waals surface area (Å²) in [5, 5.41) is 9.88. The number of rotatable bonds is 3. The van der Waals surface area contributed by atoms with Crippen molar-refractivity contribution in [2.24, 2.45) is 0 Å². The molecule has 2 heterocycles. The molecular weight excluding hydrogens is 250 g/mol. The monoisotopic (exact) mass is 261 g/mol. The second kappa shape index (κ2) is 4.63. The van der Waals surface area contributed by atoms with Gasteiger partial charge in [-0.25, -0.2) is 14.8 Å². The van der Waals surface area contributed by atoms with Crippen LogP contribution < -0.4 is 4.90 Å². The second-order valence-electron chi connectivity index (χ2n) is 3.80. The van der Waals surface area contributed by atoms with Gasteiger partial charge in [0.1, 0.15) is 21.9 Å². The molecule has 0 aliphatic rings. The van der Waals surface area contributed by atoms with Crippen LogP contribution in [-0.4, -0.2) is 34.6 Å². The maximum atomic E-state index is 11.1. The van der Waals surface area contributed by atoms with Gasteiger partial charge in [0.25, 0.3) is 0 Å². The summed E-state index contributed by atoms with van der Waals surface area (Å²) in [6.07, 6.45) is 6.70. The third-order valence-electron chi connectivity index (χ3n) is 2.59. The maximum Gasteiger partial charge on any atom is 0.346 e. The van der Waals surface area contributed by atoms with E-state index in [-0.39, 0.29) is 0 Å². The molecule has 6 heteroatoms. The SMILES string of the molecule is C#CCN(C)c1ncnc2sc(C(=O)O)c(C)c12. The van der Waals surface area contributed by atoms with E-state index in [0.717, 1.165) is 16.7 Å². The van der Waals surface area contributed by atoms with Gasteiger partial charge in [-0.2, -0.15) is 0 Å². The van der Waals surface area contributed by atoms with Crippen molar-refractivity contribution in [3.05, 3.63) is 16.8 Å².